The summed E-state index contributed by atoms with van der Waals surface area (Å²) in [6, 6.07) is 24.2. The maximum absolute atomic E-state index is 13.4. The van der Waals surface area contributed by atoms with E-state index in [1.54, 1.807) is 54.6 Å². The molecule has 5 atom stereocenters. The molecule has 0 aliphatic carbocycles. The molecule has 3 aromatic rings. The molecule has 0 saturated carbocycles. The quantitative estimate of drug-likeness (QED) is 0.172. The van der Waals surface area contributed by atoms with E-state index < -0.39 is 64.5 Å². The van der Waals surface area contributed by atoms with Crippen LogP contribution in [0.1, 0.15) is 27.6 Å². The zero-order valence-corrected chi connectivity index (χ0v) is 22.8. The first kappa shape index (κ1) is 28.1. The average molecular weight is 573 g/mol. The Labute approximate surface area is 239 Å². The van der Waals surface area contributed by atoms with E-state index in [0.717, 1.165) is 10.5 Å². The Bertz CT molecular complexity index is 1480. The molecule has 0 radical (unpaired) electrons. The second kappa shape index (κ2) is 12.4. The van der Waals surface area contributed by atoms with Crippen molar-refractivity contribution in [2.75, 3.05) is 12.4 Å². The van der Waals surface area contributed by atoms with E-state index in [1.807, 2.05) is 36.4 Å². The highest BCUT2D eigenvalue weighted by atomic mass is 32.2. The number of β-lactam (4-membered cyclic amide) rings is 1. The number of fused-ring (bicyclic) bond motifs is 1. The summed E-state index contributed by atoms with van der Waals surface area (Å²) in [6.07, 6.45) is -1.03. The molecule has 41 heavy (non-hydrogen) atoms. The number of hydrogen-bond acceptors (Lipinski definition) is 7. The van der Waals surface area contributed by atoms with E-state index in [-0.39, 0.29) is 17.9 Å². The Morgan fingerprint density at radius 1 is 0.951 bits per heavy atom. The molecule has 0 bridgehead atoms. The third-order valence-electron chi connectivity index (χ3n) is 6.90. The molecule has 5 rings (SSSR count). The molecule has 4 unspecified atom stereocenters. The van der Waals surface area contributed by atoms with E-state index in [2.05, 4.69) is 11.9 Å². The van der Waals surface area contributed by atoms with E-state index in [0.29, 0.717) is 11.1 Å². The van der Waals surface area contributed by atoms with Crippen LogP contribution in [0.15, 0.2) is 103 Å². The van der Waals surface area contributed by atoms with Gasteiger partial charge in [-0.15, -0.1) is 0 Å². The average Bonchev–Trinajstić information content (AvgIpc) is 3.00. The van der Waals surface area contributed by atoms with Crippen molar-refractivity contribution < 1.29 is 32.9 Å². The SMILES string of the molecule is C=C1CS(=O)[C@H]2C(NC(=O)C(OCc3ccccc3)c3ccccc3)C(=O)N2C1C(=O)OCC(=O)c1ccccc1. The van der Waals surface area contributed by atoms with Crippen LogP contribution in [0.2, 0.25) is 0 Å². The van der Waals surface area contributed by atoms with Crippen LogP contribution < -0.4 is 5.32 Å². The number of esters is 1. The van der Waals surface area contributed by atoms with Crippen molar-refractivity contribution in [2.24, 2.45) is 0 Å². The van der Waals surface area contributed by atoms with Crippen LogP contribution in [0.4, 0.5) is 0 Å². The summed E-state index contributed by atoms with van der Waals surface area (Å²) in [7, 11) is -1.62. The molecule has 0 aromatic heterocycles. The maximum atomic E-state index is 13.4. The van der Waals surface area contributed by atoms with Gasteiger partial charge in [-0.1, -0.05) is 97.6 Å². The molecule has 2 fully saturated rings. The number of ketones is 1. The predicted octanol–water partition coefficient (Wildman–Crippen LogP) is 2.71. The van der Waals surface area contributed by atoms with E-state index in [1.165, 1.54) is 0 Å². The normalized spacial score (nSPS) is 22.2. The van der Waals surface area contributed by atoms with Crippen molar-refractivity contribution >= 4 is 34.4 Å². The second-order valence-corrected chi connectivity index (χ2v) is 11.2. The molecular formula is C31H28N2O7S. The Kier molecular flexibility index (Phi) is 8.51. The molecule has 2 aliphatic heterocycles. The first-order chi connectivity index (χ1) is 19.8. The zero-order chi connectivity index (χ0) is 28.9. The smallest absolute Gasteiger partial charge is 0.333 e. The summed E-state index contributed by atoms with van der Waals surface area (Å²) >= 11 is 0. The molecule has 9 nitrogen and oxygen atoms in total. The summed E-state index contributed by atoms with van der Waals surface area (Å²) in [6.45, 7) is 3.47. The first-order valence-electron chi connectivity index (χ1n) is 13.0. The lowest BCUT2D eigenvalue weighted by Crippen LogP contribution is -2.77. The van der Waals surface area contributed by atoms with E-state index >= 15 is 0 Å². The molecule has 2 aliphatic rings. The fourth-order valence-corrected chi connectivity index (χ4v) is 6.51. The van der Waals surface area contributed by atoms with Crippen LogP contribution in [0.5, 0.6) is 0 Å². The summed E-state index contributed by atoms with van der Waals surface area (Å²) in [5.74, 6) is -2.46. The van der Waals surface area contributed by atoms with Gasteiger partial charge < -0.3 is 19.7 Å². The Morgan fingerprint density at radius 3 is 2.22 bits per heavy atom. The molecule has 1 N–H and O–H groups in total. The molecule has 3 aromatic carbocycles. The second-order valence-electron chi connectivity index (χ2n) is 9.69. The molecule has 2 amide bonds. The first-order valence-corrected chi connectivity index (χ1v) is 14.4. The number of nitrogens with zero attached hydrogens (tertiary/aromatic N) is 1. The lowest BCUT2D eigenvalue weighted by molar-refractivity contribution is -0.163. The summed E-state index contributed by atoms with van der Waals surface area (Å²) in [4.78, 5) is 53.2. The Morgan fingerprint density at radius 2 is 1.56 bits per heavy atom. The highest BCUT2D eigenvalue weighted by Crippen LogP contribution is 2.35. The van der Waals surface area contributed by atoms with Gasteiger partial charge >= 0.3 is 5.97 Å². The fraction of sp³-hybridized carbons (Fsp3) is 0.226. The highest BCUT2D eigenvalue weighted by Gasteiger charge is 2.59. The number of ether oxygens (including phenoxy) is 2. The Balaban J connectivity index is 1.27. The molecule has 210 valence electrons. The number of rotatable bonds is 10. The number of benzene rings is 3. The monoisotopic (exact) mass is 572 g/mol. The predicted molar refractivity (Wildman–Crippen MR) is 151 cm³/mol. The van der Waals surface area contributed by atoms with Crippen molar-refractivity contribution in [3.05, 3.63) is 120 Å². The van der Waals surface area contributed by atoms with Gasteiger partial charge in [-0.25, -0.2) is 4.79 Å². The molecule has 2 heterocycles. The molecule has 10 heteroatoms. The van der Waals surface area contributed by atoms with Crippen LogP contribution >= 0.6 is 0 Å². The van der Waals surface area contributed by atoms with Crippen molar-refractivity contribution in [3.63, 3.8) is 0 Å². The van der Waals surface area contributed by atoms with E-state index in [9.17, 15) is 23.4 Å². The van der Waals surface area contributed by atoms with Crippen LogP contribution in [0, 0.1) is 0 Å². The van der Waals surface area contributed by atoms with Gasteiger partial charge in [0.2, 0.25) is 5.91 Å². The number of amides is 2. The van der Waals surface area contributed by atoms with Crippen molar-refractivity contribution in [1.82, 2.24) is 10.2 Å². The number of nitrogens with one attached hydrogen (secondary N) is 1. The van der Waals surface area contributed by atoms with Gasteiger partial charge in [0, 0.05) is 11.3 Å². The van der Waals surface area contributed by atoms with Crippen LogP contribution in [-0.2, 0) is 41.3 Å². The van der Waals surface area contributed by atoms with Crippen LogP contribution in [0.3, 0.4) is 0 Å². The van der Waals surface area contributed by atoms with E-state index in [4.69, 9.17) is 9.47 Å². The van der Waals surface area contributed by atoms with Gasteiger partial charge in [0.1, 0.15) is 11.4 Å². The number of carbonyl (C=O) groups excluding carboxylic acids is 4. The standard InChI is InChI=1S/C31H28N2O7S/c1-20-19-41(38)30-25(29(36)33(30)26(20)31(37)40-18-24(34)22-13-7-3-8-14-22)32-28(35)27(23-15-9-4-10-16-23)39-17-21-11-5-2-6-12-21/h2-16,25-27,30H,1,17-19H2,(H,32,35)/t25?,26?,27?,30-,41?/m0/s1. The molecule has 2 saturated heterocycles. The van der Waals surface area contributed by atoms with Gasteiger partial charge in [-0.2, -0.15) is 0 Å². The van der Waals surface area contributed by atoms with Gasteiger partial charge in [0.25, 0.3) is 5.91 Å². The van der Waals surface area contributed by atoms with Crippen LogP contribution in [-0.4, -0.2) is 62.5 Å². The van der Waals surface area contributed by atoms with Gasteiger partial charge in [-0.3, -0.25) is 18.6 Å². The number of carbonyl (C=O) groups is 4. The zero-order valence-electron chi connectivity index (χ0n) is 22.0. The lowest BCUT2D eigenvalue weighted by Gasteiger charge is -2.52. The molecular weight excluding hydrogens is 544 g/mol. The highest BCUT2D eigenvalue weighted by molar-refractivity contribution is 7.86. The topological polar surface area (TPSA) is 119 Å². The van der Waals surface area contributed by atoms with Crippen molar-refractivity contribution in [1.29, 1.82) is 0 Å². The molecule has 0 spiro atoms. The summed E-state index contributed by atoms with van der Waals surface area (Å²) < 4.78 is 24.3. The van der Waals surface area contributed by atoms with Gasteiger partial charge in [0.05, 0.1) is 17.4 Å². The minimum absolute atomic E-state index is 0.0557. The van der Waals surface area contributed by atoms with Gasteiger partial charge in [-0.05, 0) is 16.7 Å². The third-order valence-corrected chi connectivity index (χ3v) is 8.60. The van der Waals surface area contributed by atoms with Crippen molar-refractivity contribution in [2.45, 2.75) is 30.2 Å². The fourth-order valence-electron chi connectivity index (χ4n) is 4.85. The number of Topliss-reactive ketones (excluding diaryl/α,β-unsaturated/α-hetero) is 1. The van der Waals surface area contributed by atoms with Crippen LogP contribution in [0.25, 0.3) is 0 Å². The lowest BCUT2D eigenvalue weighted by atomic mass is 9.98. The van der Waals surface area contributed by atoms with Gasteiger partial charge in [0.15, 0.2) is 24.5 Å². The van der Waals surface area contributed by atoms with Crippen molar-refractivity contribution in [3.8, 4) is 0 Å². The minimum Gasteiger partial charge on any atom is -0.455 e. The number of hydrogen-bond donors (Lipinski definition) is 1. The summed E-state index contributed by atoms with van der Waals surface area (Å²) in [5.41, 5.74) is 2.08. The Hall–Kier alpha value is -4.41. The third kappa shape index (κ3) is 6.03. The minimum atomic E-state index is -1.62. The maximum Gasteiger partial charge on any atom is 0.333 e. The summed E-state index contributed by atoms with van der Waals surface area (Å²) in [5, 5.41) is 1.74. The largest absolute Gasteiger partial charge is 0.455 e.